The Labute approximate surface area is 209 Å². The number of hydrogen-bond donors (Lipinski definition) is 2. The largest absolute Gasteiger partial charge is 0.490 e. The van der Waals surface area contributed by atoms with E-state index in [1.807, 2.05) is 44.3 Å². The van der Waals surface area contributed by atoms with Crippen molar-refractivity contribution >= 4 is 40.0 Å². The van der Waals surface area contributed by atoms with Crippen molar-refractivity contribution in [1.82, 2.24) is 10.3 Å². The minimum atomic E-state index is -0.204. The molecule has 4 aromatic rings. The number of para-hydroxylation sites is 1. The monoisotopic (exact) mass is 490 g/mol. The molecule has 0 aliphatic rings. The van der Waals surface area contributed by atoms with Crippen molar-refractivity contribution in [3.05, 3.63) is 99.2 Å². The molecule has 0 unspecified atom stereocenters. The maximum atomic E-state index is 13.1. The summed E-state index contributed by atoms with van der Waals surface area (Å²) >= 11 is 12.1. The first-order valence-corrected chi connectivity index (χ1v) is 11.8. The number of carbonyl (C=O) groups is 1. The first kappa shape index (κ1) is 23.8. The van der Waals surface area contributed by atoms with Gasteiger partial charge in [0.05, 0.1) is 11.7 Å². The maximum Gasteiger partial charge on any atom is 0.255 e. The zero-order valence-corrected chi connectivity index (χ0v) is 20.4. The third kappa shape index (κ3) is 5.94. The standard InChI is InChI=1S/C28H24Cl2N2O2/c1-18(2)34-27-10-9-19(7-8-20-13-22(29)16-23(30)14-20)15-25(27)28(33)31-12-11-21-17-32-26-6-4-3-5-24(21)26/h3-6,9-10,13-18,32H,11-12H2,1-2H3,(H,31,33). The van der Waals surface area contributed by atoms with Gasteiger partial charge < -0.3 is 15.0 Å². The molecule has 1 aromatic heterocycles. The van der Waals surface area contributed by atoms with Gasteiger partial charge in [0.25, 0.3) is 5.91 Å². The molecule has 3 aromatic carbocycles. The van der Waals surface area contributed by atoms with Gasteiger partial charge in [-0.15, -0.1) is 0 Å². The summed E-state index contributed by atoms with van der Waals surface area (Å²) in [6, 6.07) is 18.6. The van der Waals surface area contributed by atoms with Crippen LogP contribution < -0.4 is 10.1 Å². The maximum absolute atomic E-state index is 13.1. The summed E-state index contributed by atoms with van der Waals surface area (Å²) in [5.41, 5.74) is 4.08. The molecule has 0 bridgehead atoms. The zero-order valence-electron chi connectivity index (χ0n) is 18.9. The van der Waals surface area contributed by atoms with E-state index in [0.717, 1.165) is 11.1 Å². The average molecular weight is 491 g/mol. The Hall–Kier alpha value is -3.39. The van der Waals surface area contributed by atoms with Gasteiger partial charge in [0.1, 0.15) is 5.75 Å². The fourth-order valence-electron chi connectivity index (χ4n) is 3.66. The molecule has 0 aliphatic heterocycles. The second-order valence-corrected chi connectivity index (χ2v) is 9.02. The summed E-state index contributed by atoms with van der Waals surface area (Å²) in [5.74, 6) is 6.46. The van der Waals surface area contributed by atoms with Gasteiger partial charge in [0.2, 0.25) is 0 Å². The van der Waals surface area contributed by atoms with Crippen LogP contribution in [-0.4, -0.2) is 23.5 Å². The van der Waals surface area contributed by atoms with Crippen LogP contribution in [0.5, 0.6) is 5.75 Å². The van der Waals surface area contributed by atoms with E-state index < -0.39 is 0 Å². The number of rotatable bonds is 6. The molecule has 2 N–H and O–H groups in total. The van der Waals surface area contributed by atoms with Crippen molar-refractivity contribution in [1.29, 1.82) is 0 Å². The van der Waals surface area contributed by atoms with Gasteiger partial charge in [0.15, 0.2) is 0 Å². The Morgan fingerprint density at radius 2 is 1.74 bits per heavy atom. The highest BCUT2D eigenvalue weighted by Crippen LogP contribution is 2.23. The number of aromatic nitrogens is 1. The predicted octanol–water partition coefficient (Wildman–Crippen LogP) is 6.63. The molecule has 4 nitrogen and oxygen atoms in total. The number of ether oxygens (including phenoxy) is 1. The van der Waals surface area contributed by atoms with Crippen LogP contribution in [0.3, 0.4) is 0 Å². The quantitative estimate of drug-likeness (QED) is 0.298. The Balaban J connectivity index is 1.52. The Morgan fingerprint density at radius 1 is 1.00 bits per heavy atom. The van der Waals surface area contributed by atoms with E-state index in [0.29, 0.717) is 45.5 Å². The van der Waals surface area contributed by atoms with Gasteiger partial charge >= 0.3 is 0 Å². The van der Waals surface area contributed by atoms with Crippen molar-refractivity contribution in [2.24, 2.45) is 0 Å². The van der Waals surface area contributed by atoms with Crippen LogP contribution in [-0.2, 0) is 6.42 Å². The van der Waals surface area contributed by atoms with E-state index in [4.69, 9.17) is 27.9 Å². The molecule has 0 saturated heterocycles. The van der Waals surface area contributed by atoms with Crippen LogP contribution in [0.15, 0.2) is 66.9 Å². The SMILES string of the molecule is CC(C)Oc1ccc(C#Cc2cc(Cl)cc(Cl)c2)cc1C(=O)NCCc1c[nH]c2ccccc12. The second kappa shape index (κ2) is 10.7. The van der Waals surface area contributed by atoms with E-state index in [9.17, 15) is 4.79 Å². The summed E-state index contributed by atoms with van der Waals surface area (Å²) < 4.78 is 5.88. The number of carbonyl (C=O) groups excluding carboxylic acids is 1. The fourth-order valence-corrected chi connectivity index (χ4v) is 4.18. The van der Waals surface area contributed by atoms with Crippen LogP contribution in [0, 0.1) is 11.8 Å². The van der Waals surface area contributed by atoms with Crippen molar-refractivity contribution in [3.63, 3.8) is 0 Å². The zero-order chi connectivity index (χ0) is 24.1. The number of fused-ring (bicyclic) bond motifs is 1. The first-order chi connectivity index (χ1) is 16.4. The minimum absolute atomic E-state index is 0.0664. The number of benzene rings is 3. The van der Waals surface area contributed by atoms with E-state index in [-0.39, 0.29) is 12.0 Å². The topological polar surface area (TPSA) is 54.1 Å². The molecule has 1 amide bonds. The molecule has 6 heteroatoms. The van der Waals surface area contributed by atoms with Gasteiger partial charge in [0, 0.05) is 44.8 Å². The Bertz CT molecular complexity index is 1380. The number of hydrogen-bond acceptors (Lipinski definition) is 2. The number of nitrogens with one attached hydrogen (secondary N) is 2. The molecule has 172 valence electrons. The third-order valence-electron chi connectivity index (χ3n) is 5.16. The lowest BCUT2D eigenvalue weighted by molar-refractivity contribution is 0.0948. The summed E-state index contributed by atoms with van der Waals surface area (Å²) in [7, 11) is 0. The van der Waals surface area contributed by atoms with Crippen LogP contribution in [0.2, 0.25) is 10.0 Å². The Morgan fingerprint density at radius 3 is 2.50 bits per heavy atom. The van der Waals surface area contributed by atoms with E-state index in [2.05, 4.69) is 28.2 Å². The summed E-state index contributed by atoms with van der Waals surface area (Å²) in [6.45, 7) is 4.35. The van der Waals surface area contributed by atoms with Crippen molar-refractivity contribution in [2.75, 3.05) is 6.54 Å². The molecule has 0 radical (unpaired) electrons. The fraction of sp³-hybridized carbons (Fsp3) is 0.179. The van der Waals surface area contributed by atoms with Gasteiger partial charge in [-0.2, -0.15) is 0 Å². The number of amides is 1. The van der Waals surface area contributed by atoms with Crippen LogP contribution in [0.4, 0.5) is 0 Å². The molecule has 0 aliphatic carbocycles. The smallest absolute Gasteiger partial charge is 0.255 e. The third-order valence-corrected chi connectivity index (χ3v) is 5.59. The lowest BCUT2D eigenvalue weighted by Crippen LogP contribution is -2.26. The summed E-state index contributed by atoms with van der Waals surface area (Å²) in [5, 5.41) is 5.22. The van der Waals surface area contributed by atoms with Crippen molar-refractivity contribution < 1.29 is 9.53 Å². The van der Waals surface area contributed by atoms with Crippen molar-refractivity contribution in [3.8, 4) is 17.6 Å². The summed E-state index contributed by atoms with van der Waals surface area (Å²) in [4.78, 5) is 16.3. The molecule has 4 rings (SSSR count). The highest BCUT2D eigenvalue weighted by Gasteiger charge is 2.15. The number of H-pyrrole nitrogens is 1. The van der Waals surface area contributed by atoms with Crippen molar-refractivity contribution in [2.45, 2.75) is 26.4 Å². The lowest BCUT2D eigenvalue weighted by Gasteiger charge is -2.14. The average Bonchev–Trinajstić information content (AvgIpc) is 3.20. The van der Waals surface area contributed by atoms with Gasteiger partial charge in [-0.25, -0.2) is 0 Å². The molecule has 0 spiro atoms. The summed E-state index contributed by atoms with van der Waals surface area (Å²) in [6.07, 6.45) is 2.64. The van der Waals surface area contributed by atoms with Gasteiger partial charge in [-0.05, 0) is 68.3 Å². The molecule has 0 atom stereocenters. The normalized spacial score (nSPS) is 10.7. The lowest BCUT2D eigenvalue weighted by atomic mass is 10.1. The molecule has 0 fully saturated rings. The van der Waals surface area contributed by atoms with Crippen LogP contribution >= 0.6 is 23.2 Å². The molecule has 1 heterocycles. The highest BCUT2D eigenvalue weighted by atomic mass is 35.5. The minimum Gasteiger partial charge on any atom is -0.490 e. The predicted molar refractivity (Wildman–Crippen MR) is 139 cm³/mol. The van der Waals surface area contributed by atoms with Crippen LogP contribution in [0.25, 0.3) is 10.9 Å². The van der Waals surface area contributed by atoms with E-state index in [1.54, 1.807) is 30.3 Å². The van der Waals surface area contributed by atoms with Gasteiger partial charge in [-0.1, -0.05) is 53.2 Å². The van der Waals surface area contributed by atoms with E-state index in [1.165, 1.54) is 5.39 Å². The molecular weight excluding hydrogens is 467 g/mol. The molecule has 0 saturated carbocycles. The first-order valence-electron chi connectivity index (χ1n) is 11.0. The Kier molecular flexibility index (Phi) is 7.47. The molecular formula is C28H24Cl2N2O2. The van der Waals surface area contributed by atoms with E-state index >= 15 is 0 Å². The highest BCUT2D eigenvalue weighted by molar-refractivity contribution is 6.34. The number of halogens is 2. The van der Waals surface area contributed by atoms with Gasteiger partial charge in [-0.3, -0.25) is 4.79 Å². The number of aromatic amines is 1. The molecule has 34 heavy (non-hydrogen) atoms. The van der Waals surface area contributed by atoms with Crippen LogP contribution in [0.1, 0.15) is 40.9 Å². The second-order valence-electron chi connectivity index (χ2n) is 8.15.